The molecule has 0 fully saturated rings. The van der Waals surface area contributed by atoms with E-state index in [2.05, 4.69) is 15.4 Å². The Morgan fingerprint density at radius 2 is 2.37 bits per heavy atom. The number of carbonyl (C=O) groups excluding carboxylic acids is 1. The summed E-state index contributed by atoms with van der Waals surface area (Å²) in [5.41, 5.74) is 0.906. The molecular formula is C13H14N4O2. The van der Waals surface area contributed by atoms with E-state index in [4.69, 9.17) is 4.74 Å². The van der Waals surface area contributed by atoms with Crippen molar-refractivity contribution in [3.05, 3.63) is 36.4 Å². The second-order valence-electron chi connectivity index (χ2n) is 4.25. The molecule has 1 unspecified atom stereocenters. The van der Waals surface area contributed by atoms with E-state index < -0.39 is 6.10 Å². The van der Waals surface area contributed by atoms with E-state index in [0.29, 0.717) is 24.7 Å². The van der Waals surface area contributed by atoms with Gasteiger partial charge in [-0.1, -0.05) is 12.1 Å². The number of hydrogen-bond donors (Lipinski definition) is 1. The average molecular weight is 258 g/mol. The number of benzene rings is 1. The molecule has 0 bridgehead atoms. The lowest BCUT2D eigenvalue weighted by Crippen LogP contribution is -2.39. The van der Waals surface area contributed by atoms with Crippen LogP contribution < -0.4 is 10.1 Å². The first kappa shape index (κ1) is 11.7. The monoisotopic (exact) mass is 258 g/mol. The summed E-state index contributed by atoms with van der Waals surface area (Å²) in [7, 11) is 0. The standard InChI is InChI=1S/C13H14N4O2/c1-2-17-13(15-8-16-17)12(18)11-7-14-9-5-3-4-6-10(9)19-11/h3-6,8,11,14H,2,7H2,1H3. The van der Waals surface area contributed by atoms with Crippen LogP contribution >= 0.6 is 0 Å². The minimum Gasteiger partial charge on any atom is -0.478 e. The zero-order chi connectivity index (χ0) is 13.2. The molecule has 6 heteroatoms. The zero-order valence-corrected chi connectivity index (χ0v) is 10.5. The molecule has 19 heavy (non-hydrogen) atoms. The van der Waals surface area contributed by atoms with E-state index in [1.807, 2.05) is 31.2 Å². The van der Waals surface area contributed by atoms with Gasteiger partial charge in [0, 0.05) is 6.54 Å². The molecular weight excluding hydrogens is 244 g/mol. The second kappa shape index (κ2) is 4.72. The smallest absolute Gasteiger partial charge is 0.241 e. The minimum atomic E-state index is -0.565. The molecule has 98 valence electrons. The van der Waals surface area contributed by atoms with Crippen molar-refractivity contribution in [2.45, 2.75) is 19.6 Å². The highest BCUT2D eigenvalue weighted by Gasteiger charge is 2.29. The highest BCUT2D eigenvalue weighted by molar-refractivity contribution is 5.97. The van der Waals surface area contributed by atoms with Crippen molar-refractivity contribution in [3.63, 3.8) is 0 Å². The van der Waals surface area contributed by atoms with Gasteiger partial charge < -0.3 is 10.1 Å². The number of ether oxygens (including phenoxy) is 1. The topological polar surface area (TPSA) is 69.0 Å². The third kappa shape index (κ3) is 2.05. The third-order valence-electron chi connectivity index (χ3n) is 3.06. The molecule has 1 atom stereocenters. The first-order chi connectivity index (χ1) is 9.29. The van der Waals surface area contributed by atoms with E-state index in [1.54, 1.807) is 4.68 Å². The molecule has 0 saturated heterocycles. The van der Waals surface area contributed by atoms with Gasteiger partial charge in [0.1, 0.15) is 12.1 Å². The van der Waals surface area contributed by atoms with Gasteiger partial charge in [-0.25, -0.2) is 9.67 Å². The molecule has 0 radical (unpaired) electrons. The maximum absolute atomic E-state index is 12.4. The Morgan fingerprint density at radius 1 is 1.53 bits per heavy atom. The number of carbonyl (C=O) groups is 1. The highest BCUT2D eigenvalue weighted by atomic mass is 16.5. The lowest BCUT2D eigenvalue weighted by molar-refractivity contribution is 0.0784. The number of para-hydroxylation sites is 2. The number of Topliss-reactive ketones (excluding diaryl/α,β-unsaturated/α-hetero) is 1. The van der Waals surface area contributed by atoms with Crippen LogP contribution in [0.4, 0.5) is 5.69 Å². The summed E-state index contributed by atoms with van der Waals surface area (Å²) >= 11 is 0. The Hall–Kier alpha value is -2.37. The summed E-state index contributed by atoms with van der Waals surface area (Å²) in [6, 6.07) is 7.56. The van der Waals surface area contributed by atoms with Crippen LogP contribution in [0.1, 0.15) is 17.5 Å². The lowest BCUT2D eigenvalue weighted by Gasteiger charge is -2.25. The summed E-state index contributed by atoms with van der Waals surface area (Å²) in [5.74, 6) is 0.879. The molecule has 3 rings (SSSR count). The van der Waals surface area contributed by atoms with Gasteiger partial charge in [-0.3, -0.25) is 4.79 Å². The maximum Gasteiger partial charge on any atom is 0.241 e. The summed E-state index contributed by atoms with van der Waals surface area (Å²) < 4.78 is 7.30. The third-order valence-corrected chi connectivity index (χ3v) is 3.06. The summed E-state index contributed by atoms with van der Waals surface area (Å²) in [4.78, 5) is 16.4. The number of nitrogens with zero attached hydrogens (tertiary/aromatic N) is 3. The highest BCUT2D eigenvalue weighted by Crippen LogP contribution is 2.28. The molecule has 1 aromatic heterocycles. The number of nitrogens with one attached hydrogen (secondary N) is 1. The molecule has 2 aromatic rings. The van der Waals surface area contributed by atoms with Crippen molar-refractivity contribution in [1.82, 2.24) is 14.8 Å². The molecule has 0 amide bonds. The summed E-state index contributed by atoms with van der Waals surface area (Å²) in [6.07, 6.45) is 0.824. The Morgan fingerprint density at radius 3 is 3.21 bits per heavy atom. The van der Waals surface area contributed by atoms with Gasteiger partial charge in [-0.15, -0.1) is 0 Å². The minimum absolute atomic E-state index is 0.152. The normalized spacial score (nSPS) is 17.2. The van der Waals surface area contributed by atoms with Crippen molar-refractivity contribution in [2.24, 2.45) is 0 Å². The van der Waals surface area contributed by atoms with Crippen molar-refractivity contribution in [2.75, 3.05) is 11.9 Å². The van der Waals surface area contributed by atoms with Crippen molar-refractivity contribution in [3.8, 4) is 5.75 Å². The van der Waals surface area contributed by atoms with Crippen LogP contribution in [0.5, 0.6) is 5.75 Å². The lowest BCUT2D eigenvalue weighted by atomic mass is 10.1. The number of hydrogen-bond acceptors (Lipinski definition) is 5. The molecule has 1 aliphatic rings. The van der Waals surface area contributed by atoms with Crippen LogP contribution in [0.15, 0.2) is 30.6 Å². The first-order valence-electron chi connectivity index (χ1n) is 6.21. The van der Waals surface area contributed by atoms with Crippen LogP contribution in [0.2, 0.25) is 0 Å². The fourth-order valence-electron chi connectivity index (χ4n) is 2.09. The van der Waals surface area contributed by atoms with E-state index >= 15 is 0 Å². The number of rotatable bonds is 3. The first-order valence-corrected chi connectivity index (χ1v) is 6.21. The predicted octanol–water partition coefficient (Wildman–Crippen LogP) is 1.35. The number of aromatic nitrogens is 3. The molecule has 0 aliphatic carbocycles. The van der Waals surface area contributed by atoms with Crippen LogP contribution in [-0.2, 0) is 6.54 Å². The van der Waals surface area contributed by atoms with Crippen LogP contribution in [0, 0.1) is 0 Å². The largest absolute Gasteiger partial charge is 0.478 e. The number of aryl methyl sites for hydroxylation is 1. The molecule has 0 spiro atoms. The van der Waals surface area contributed by atoms with Gasteiger partial charge in [0.2, 0.25) is 5.78 Å². The number of ketones is 1. The Kier molecular flexibility index (Phi) is 2.91. The van der Waals surface area contributed by atoms with Crippen LogP contribution in [-0.4, -0.2) is 33.2 Å². The molecule has 1 aromatic carbocycles. The van der Waals surface area contributed by atoms with Gasteiger partial charge >= 0.3 is 0 Å². The van der Waals surface area contributed by atoms with Gasteiger partial charge in [-0.2, -0.15) is 5.10 Å². The van der Waals surface area contributed by atoms with Gasteiger partial charge in [-0.05, 0) is 19.1 Å². The summed E-state index contributed by atoms with van der Waals surface area (Å²) in [6.45, 7) is 2.96. The SMILES string of the molecule is CCn1ncnc1C(=O)C1CNc2ccccc2O1. The van der Waals surface area contributed by atoms with E-state index in [1.165, 1.54) is 6.33 Å². The molecule has 1 N–H and O–H groups in total. The average Bonchev–Trinajstić information content (AvgIpc) is 2.94. The van der Waals surface area contributed by atoms with Crippen LogP contribution in [0.3, 0.4) is 0 Å². The van der Waals surface area contributed by atoms with Crippen molar-refractivity contribution in [1.29, 1.82) is 0 Å². The van der Waals surface area contributed by atoms with Gasteiger partial charge in [0.15, 0.2) is 11.9 Å². The molecule has 0 saturated carbocycles. The van der Waals surface area contributed by atoms with Gasteiger partial charge in [0.05, 0.1) is 12.2 Å². The molecule has 2 heterocycles. The van der Waals surface area contributed by atoms with E-state index in [0.717, 1.165) is 5.69 Å². The fraction of sp³-hybridized carbons (Fsp3) is 0.308. The van der Waals surface area contributed by atoms with Crippen LogP contribution in [0.25, 0.3) is 0 Å². The Bertz CT molecular complexity index is 608. The number of anilines is 1. The van der Waals surface area contributed by atoms with Crippen molar-refractivity contribution < 1.29 is 9.53 Å². The zero-order valence-electron chi connectivity index (χ0n) is 10.5. The predicted molar refractivity (Wildman–Crippen MR) is 69.4 cm³/mol. The maximum atomic E-state index is 12.4. The van der Waals surface area contributed by atoms with Gasteiger partial charge in [0.25, 0.3) is 0 Å². The van der Waals surface area contributed by atoms with E-state index in [-0.39, 0.29) is 5.78 Å². The quantitative estimate of drug-likeness (QED) is 0.842. The summed E-state index contributed by atoms with van der Waals surface area (Å²) in [5, 5.41) is 7.19. The Balaban J connectivity index is 1.83. The number of fused-ring (bicyclic) bond motifs is 1. The second-order valence-corrected chi connectivity index (χ2v) is 4.25. The fourth-order valence-corrected chi connectivity index (χ4v) is 2.09. The van der Waals surface area contributed by atoms with Crippen molar-refractivity contribution >= 4 is 11.5 Å². The molecule has 1 aliphatic heterocycles. The molecule has 6 nitrogen and oxygen atoms in total. The Labute approximate surface area is 110 Å². The van der Waals surface area contributed by atoms with E-state index in [9.17, 15) is 4.79 Å².